The maximum atomic E-state index is 13.4. The van der Waals surface area contributed by atoms with Gasteiger partial charge in [0.2, 0.25) is 0 Å². The van der Waals surface area contributed by atoms with Gasteiger partial charge in [0.05, 0.1) is 0 Å². The number of esters is 1. The molecular formula is C10HF19O5S. The van der Waals surface area contributed by atoms with E-state index in [0.29, 0.717) is 0 Å². The Bertz CT molecular complexity index is 931. The van der Waals surface area contributed by atoms with Crippen molar-refractivity contribution in [2.45, 2.75) is 53.1 Å². The van der Waals surface area contributed by atoms with Crippen molar-refractivity contribution in [1.82, 2.24) is 0 Å². The Balaban J connectivity index is 6.81. The van der Waals surface area contributed by atoms with E-state index in [1.54, 1.807) is 0 Å². The van der Waals surface area contributed by atoms with Gasteiger partial charge in [-0.1, -0.05) is 0 Å². The Kier molecular flexibility index (Phi) is 7.58. The highest BCUT2D eigenvalue weighted by atomic mass is 32.2. The Morgan fingerprint density at radius 1 is 0.514 bits per heavy atom. The van der Waals surface area contributed by atoms with Crippen molar-refractivity contribution < 1.29 is 106 Å². The first kappa shape index (κ1) is 33.0. The van der Waals surface area contributed by atoms with Crippen molar-refractivity contribution in [3.63, 3.8) is 0 Å². The molecule has 0 aromatic rings. The molecule has 0 fully saturated rings. The van der Waals surface area contributed by atoms with Crippen LogP contribution in [0.4, 0.5) is 83.4 Å². The normalized spacial score (nSPS) is 17.7. The molecule has 0 saturated heterocycles. The van der Waals surface area contributed by atoms with Crippen LogP contribution in [0, 0.1) is 0 Å². The highest BCUT2D eigenvalue weighted by molar-refractivity contribution is 7.88. The molecule has 1 unspecified atom stereocenters. The fourth-order valence-electron chi connectivity index (χ4n) is 1.57. The Morgan fingerprint density at radius 3 is 1.06 bits per heavy atom. The molecule has 0 bridgehead atoms. The predicted octanol–water partition coefficient (Wildman–Crippen LogP) is 4.98. The molecule has 35 heavy (non-hydrogen) atoms. The minimum absolute atomic E-state index is 1.44. The number of halogens is 19. The minimum atomic E-state index is -8.93. The number of carbonyl (C=O) groups excluding carboxylic acids is 1. The lowest BCUT2D eigenvalue weighted by molar-refractivity contribution is -0.468. The van der Waals surface area contributed by atoms with Crippen molar-refractivity contribution in [1.29, 1.82) is 0 Å². The summed E-state index contributed by atoms with van der Waals surface area (Å²) in [6.07, 6.45) is -23.7. The van der Waals surface area contributed by atoms with Crippen molar-refractivity contribution in [2.24, 2.45) is 0 Å². The van der Waals surface area contributed by atoms with E-state index in [2.05, 4.69) is 0 Å². The predicted molar refractivity (Wildman–Crippen MR) is 63.3 cm³/mol. The minimum Gasteiger partial charge on any atom is -0.392 e. The summed E-state index contributed by atoms with van der Waals surface area (Å²) in [5.74, 6) is -48.8. The lowest BCUT2D eigenvalue weighted by Gasteiger charge is -2.41. The van der Waals surface area contributed by atoms with Crippen LogP contribution in [0.3, 0.4) is 0 Å². The highest BCUT2D eigenvalue weighted by Gasteiger charge is 2.94. The van der Waals surface area contributed by atoms with Crippen molar-refractivity contribution in [2.75, 3.05) is 0 Å². The quantitative estimate of drug-likeness (QED) is 0.244. The summed E-state index contributed by atoms with van der Waals surface area (Å²) in [5.41, 5.74) is 0. The zero-order chi connectivity index (χ0) is 29.3. The molecule has 0 aliphatic heterocycles. The fraction of sp³-hybridized carbons (Fsp3) is 0.900. The Labute approximate surface area is 176 Å². The Morgan fingerprint density at radius 2 is 0.800 bits per heavy atom. The number of alkyl halides is 19. The Hall–Kier alpha value is -1.95. The highest BCUT2D eigenvalue weighted by Crippen LogP contribution is 2.62. The SMILES string of the molecule is O=C(OC(F)(F)C(F)(F)C(F)(F)C(F)(F)C(F)(F)C(F)(F)C(F)(F)F)C(F)(C(F)(F)F)S(=O)(=O)O. The number of hydrogen-bond acceptors (Lipinski definition) is 4. The summed E-state index contributed by atoms with van der Waals surface area (Å²) in [4.78, 5) is 10.8. The molecule has 5 nitrogen and oxygen atoms in total. The molecule has 0 spiro atoms. The molecule has 0 radical (unpaired) electrons. The molecule has 0 heterocycles. The number of hydrogen-bond donors (Lipinski definition) is 1. The van der Waals surface area contributed by atoms with Gasteiger partial charge in [0, 0.05) is 0 Å². The third kappa shape index (κ3) is 4.41. The van der Waals surface area contributed by atoms with E-state index >= 15 is 0 Å². The van der Waals surface area contributed by atoms with Gasteiger partial charge < -0.3 is 4.74 Å². The first-order valence-corrected chi connectivity index (χ1v) is 8.36. The van der Waals surface area contributed by atoms with Crippen LogP contribution >= 0.6 is 0 Å². The van der Waals surface area contributed by atoms with Crippen molar-refractivity contribution in [3.8, 4) is 0 Å². The second kappa shape index (κ2) is 8.03. The first-order valence-electron chi connectivity index (χ1n) is 6.92. The molecule has 0 amide bonds. The summed E-state index contributed by atoms with van der Waals surface area (Å²) < 4.78 is 273. The van der Waals surface area contributed by atoms with Crippen LogP contribution < -0.4 is 0 Å². The van der Waals surface area contributed by atoms with Gasteiger partial charge in [-0.25, -0.2) is 9.18 Å². The maximum Gasteiger partial charge on any atom is 0.473 e. The second-order valence-corrected chi connectivity index (χ2v) is 7.36. The van der Waals surface area contributed by atoms with Crippen LogP contribution in [-0.4, -0.2) is 72.0 Å². The topological polar surface area (TPSA) is 80.7 Å². The standard InChI is InChI=1S/C10HF19O5S/c11-2(8(22,23)24,35(31,32)33)1(30)34-10(28,29)7(20,21)5(16,17)3(12,13)4(14,15)6(18,19)9(25,26)27/h(H,31,32,33). The van der Waals surface area contributed by atoms with Gasteiger partial charge in [-0.15, -0.1) is 0 Å². The summed E-state index contributed by atoms with van der Waals surface area (Å²) in [5, 5.41) is -7.27. The number of carbonyl (C=O) groups is 1. The van der Waals surface area contributed by atoms with E-state index in [4.69, 9.17) is 4.55 Å². The lowest BCUT2D eigenvalue weighted by atomic mass is 9.93. The van der Waals surface area contributed by atoms with Gasteiger partial charge in [0.15, 0.2) is 0 Å². The number of rotatable bonds is 8. The third-order valence-electron chi connectivity index (χ3n) is 3.50. The first-order chi connectivity index (χ1) is 14.6. The fourth-order valence-corrected chi connectivity index (χ4v) is 2.11. The molecule has 0 aliphatic rings. The second-order valence-electron chi connectivity index (χ2n) is 5.84. The van der Waals surface area contributed by atoms with E-state index in [1.807, 2.05) is 0 Å². The molecule has 25 heteroatoms. The molecule has 0 saturated carbocycles. The third-order valence-corrected chi connectivity index (χ3v) is 4.61. The van der Waals surface area contributed by atoms with Gasteiger partial charge in [-0.05, 0) is 0 Å². The molecular weight excluding hydrogens is 593 g/mol. The average molecular weight is 594 g/mol. The molecule has 0 aromatic heterocycles. The molecule has 1 N–H and O–H groups in total. The lowest BCUT2D eigenvalue weighted by Crippen LogP contribution is -2.73. The molecule has 0 rings (SSSR count). The van der Waals surface area contributed by atoms with Crippen LogP contribution in [-0.2, 0) is 19.6 Å². The summed E-state index contributed by atoms with van der Waals surface area (Å²) in [6.45, 7) is 0. The number of ether oxygens (including phenoxy) is 1. The van der Waals surface area contributed by atoms with Crippen LogP contribution in [0.5, 0.6) is 0 Å². The van der Waals surface area contributed by atoms with E-state index in [1.165, 1.54) is 4.74 Å². The summed E-state index contributed by atoms with van der Waals surface area (Å²) in [6, 6.07) is 0. The van der Waals surface area contributed by atoms with Gasteiger partial charge in [-0.3, -0.25) is 4.55 Å². The van der Waals surface area contributed by atoms with Crippen LogP contribution in [0.15, 0.2) is 0 Å². The van der Waals surface area contributed by atoms with E-state index in [9.17, 15) is 96.6 Å². The van der Waals surface area contributed by atoms with Crippen LogP contribution in [0.1, 0.15) is 0 Å². The molecule has 0 aromatic carbocycles. The van der Waals surface area contributed by atoms with Gasteiger partial charge in [0.25, 0.3) is 0 Å². The van der Waals surface area contributed by atoms with Gasteiger partial charge >= 0.3 is 69.2 Å². The maximum absolute atomic E-state index is 13.4. The molecule has 210 valence electrons. The molecule has 0 aliphatic carbocycles. The van der Waals surface area contributed by atoms with Crippen molar-refractivity contribution in [3.05, 3.63) is 0 Å². The van der Waals surface area contributed by atoms with Gasteiger partial charge in [-0.2, -0.15) is 87.4 Å². The smallest absolute Gasteiger partial charge is 0.392 e. The zero-order valence-corrected chi connectivity index (χ0v) is 15.5. The van der Waals surface area contributed by atoms with Crippen LogP contribution in [0.25, 0.3) is 0 Å². The van der Waals surface area contributed by atoms with Gasteiger partial charge in [0.1, 0.15) is 0 Å². The monoisotopic (exact) mass is 594 g/mol. The largest absolute Gasteiger partial charge is 0.473 e. The average Bonchev–Trinajstić information content (AvgIpc) is 2.56. The summed E-state index contributed by atoms with van der Waals surface area (Å²) >= 11 is 0. The summed E-state index contributed by atoms with van der Waals surface area (Å²) in [7, 11) is -7.79. The van der Waals surface area contributed by atoms with Crippen molar-refractivity contribution >= 4 is 16.1 Å². The van der Waals surface area contributed by atoms with E-state index in [-0.39, 0.29) is 0 Å². The zero-order valence-electron chi connectivity index (χ0n) is 14.7. The van der Waals surface area contributed by atoms with E-state index < -0.39 is 69.2 Å². The van der Waals surface area contributed by atoms with E-state index in [0.717, 1.165) is 0 Å². The van der Waals surface area contributed by atoms with Crippen LogP contribution in [0.2, 0.25) is 0 Å². The molecule has 1 atom stereocenters.